The number of fused-ring (bicyclic) bond motifs is 1. The van der Waals surface area contributed by atoms with Crippen LogP contribution in [0.1, 0.15) is 37.3 Å². The minimum absolute atomic E-state index is 0.311. The van der Waals surface area contributed by atoms with E-state index in [1.54, 1.807) is 35.4 Å². The highest BCUT2D eigenvalue weighted by Gasteiger charge is 2.39. The maximum absolute atomic E-state index is 12.7. The predicted molar refractivity (Wildman–Crippen MR) is 119 cm³/mol. The Balaban J connectivity index is 1.58. The third-order valence-electron chi connectivity index (χ3n) is 6.55. The standard InChI is InChI=1S/C23H26N4O6/c24-20(28)18-6-3-9-27(18)19(23(32)33)16-11-25-17-10-12(7-8-13(16)17)26-21(29)14-4-1-2-5-15(14)22(30)31/h1-2,7-8,10-11,14-15,18-19,25H,3-6,9H2,(H2,24,28)(H,26,29)(H,30,31)(H,32,33)/t14-,15-,18+,19-/m1/s1. The third-order valence-corrected chi connectivity index (χ3v) is 6.55. The lowest BCUT2D eigenvalue weighted by molar-refractivity contribution is -0.146. The van der Waals surface area contributed by atoms with E-state index < -0.39 is 41.8 Å². The molecule has 0 unspecified atom stereocenters. The molecule has 0 saturated carbocycles. The molecule has 2 aromatic rings. The van der Waals surface area contributed by atoms with Crippen LogP contribution < -0.4 is 11.1 Å². The summed E-state index contributed by atoms with van der Waals surface area (Å²) in [6.45, 7) is 0.450. The normalized spacial score (nSPS) is 23.9. The fourth-order valence-corrected chi connectivity index (χ4v) is 4.92. The quantitative estimate of drug-likeness (QED) is 0.398. The molecule has 174 valence electrons. The highest BCUT2D eigenvalue weighted by Crippen LogP contribution is 2.35. The monoisotopic (exact) mass is 454 g/mol. The molecule has 1 aromatic carbocycles. The number of primary amides is 1. The Hall–Kier alpha value is -3.66. The lowest BCUT2D eigenvalue weighted by atomic mass is 9.82. The van der Waals surface area contributed by atoms with E-state index in [1.165, 1.54) is 0 Å². The molecule has 2 amide bonds. The zero-order valence-corrected chi connectivity index (χ0v) is 17.9. The van der Waals surface area contributed by atoms with Crippen LogP contribution in [-0.2, 0) is 19.2 Å². The molecular weight excluding hydrogens is 428 g/mol. The maximum atomic E-state index is 12.7. The first-order valence-corrected chi connectivity index (χ1v) is 10.9. The fraction of sp³-hybridized carbons (Fsp3) is 0.391. The number of carbonyl (C=O) groups excluding carboxylic acids is 2. The van der Waals surface area contributed by atoms with Gasteiger partial charge in [0.15, 0.2) is 0 Å². The number of carbonyl (C=O) groups is 4. The molecule has 10 nitrogen and oxygen atoms in total. The number of hydrogen-bond acceptors (Lipinski definition) is 5. The molecule has 4 rings (SSSR count). The Kier molecular flexibility index (Phi) is 6.19. The van der Waals surface area contributed by atoms with E-state index in [1.807, 2.05) is 6.08 Å². The first-order chi connectivity index (χ1) is 15.8. The number of allylic oxidation sites excluding steroid dienone is 2. The van der Waals surface area contributed by atoms with Gasteiger partial charge in [0.1, 0.15) is 6.04 Å². The van der Waals surface area contributed by atoms with E-state index in [9.17, 15) is 29.4 Å². The van der Waals surface area contributed by atoms with Crippen molar-refractivity contribution in [2.24, 2.45) is 17.6 Å². The minimum atomic E-state index is -1.08. The Labute approximate surface area is 189 Å². The Morgan fingerprint density at radius 2 is 1.85 bits per heavy atom. The van der Waals surface area contributed by atoms with Gasteiger partial charge in [0.05, 0.1) is 17.9 Å². The Morgan fingerprint density at radius 3 is 2.52 bits per heavy atom. The second-order valence-corrected chi connectivity index (χ2v) is 8.53. The first-order valence-electron chi connectivity index (χ1n) is 10.9. The van der Waals surface area contributed by atoms with E-state index in [2.05, 4.69) is 10.3 Å². The van der Waals surface area contributed by atoms with Gasteiger partial charge in [-0.1, -0.05) is 18.2 Å². The topological polar surface area (TPSA) is 166 Å². The molecule has 0 radical (unpaired) electrons. The number of nitrogens with one attached hydrogen (secondary N) is 2. The van der Waals surface area contributed by atoms with Gasteiger partial charge in [-0.05, 0) is 37.8 Å². The number of carboxylic acids is 2. The summed E-state index contributed by atoms with van der Waals surface area (Å²) in [5.41, 5.74) is 7.08. The second-order valence-electron chi connectivity index (χ2n) is 8.53. The summed E-state index contributed by atoms with van der Waals surface area (Å²) in [5.74, 6) is -4.43. The molecule has 33 heavy (non-hydrogen) atoms. The molecule has 10 heteroatoms. The van der Waals surface area contributed by atoms with E-state index >= 15 is 0 Å². The molecule has 1 aliphatic heterocycles. The van der Waals surface area contributed by atoms with Crippen molar-refractivity contribution in [3.8, 4) is 0 Å². The number of nitrogens with two attached hydrogens (primary N) is 1. The summed E-state index contributed by atoms with van der Waals surface area (Å²) in [6.07, 6.45) is 7.05. The molecule has 0 bridgehead atoms. The maximum Gasteiger partial charge on any atom is 0.325 e. The number of amides is 2. The zero-order chi connectivity index (χ0) is 23.7. The summed E-state index contributed by atoms with van der Waals surface area (Å²) in [5, 5.41) is 22.8. The van der Waals surface area contributed by atoms with Crippen molar-refractivity contribution >= 4 is 40.3 Å². The number of H-pyrrole nitrogens is 1. The smallest absolute Gasteiger partial charge is 0.325 e. The minimum Gasteiger partial charge on any atom is -0.481 e. The number of anilines is 1. The van der Waals surface area contributed by atoms with Gasteiger partial charge in [-0.3, -0.25) is 24.1 Å². The number of aromatic amines is 1. The van der Waals surface area contributed by atoms with Crippen molar-refractivity contribution in [2.75, 3.05) is 11.9 Å². The summed E-state index contributed by atoms with van der Waals surface area (Å²) >= 11 is 0. The predicted octanol–water partition coefficient (Wildman–Crippen LogP) is 1.85. The second kappa shape index (κ2) is 9.07. The van der Waals surface area contributed by atoms with Crippen molar-refractivity contribution in [1.82, 2.24) is 9.88 Å². The van der Waals surface area contributed by atoms with Gasteiger partial charge in [0, 0.05) is 34.9 Å². The van der Waals surface area contributed by atoms with Gasteiger partial charge in [0.25, 0.3) is 0 Å². The van der Waals surface area contributed by atoms with E-state index in [4.69, 9.17) is 5.73 Å². The summed E-state index contributed by atoms with van der Waals surface area (Å²) in [4.78, 5) is 52.9. The fourth-order valence-electron chi connectivity index (χ4n) is 4.92. The van der Waals surface area contributed by atoms with E-state index in [-0.39, 0.29) is 5.91 Å². The molecule has 1 saturated heterocycles. The van der Waals surface area contributed by atoms with Crippen molar-refractivity contribution in [3.63, 3.8) is 0 Å². The summed E-state index contributed by atoms with van der Waals surface area (Å²) < 4.78 is 0. The van der Waals surface area contributed by atoms with Gasteiger partial charge in [-0.25, -0.2) is 0 Å². The molecular formula is C23H26N4O6. The lowest BCUT2D eigenvalue weighted by Gasteiger charge is -2.28. The highest BCUT2D eigenvalue weighted by atomic mass is 16.4. The average molecular weight is 454 g/mol. The molecule has 1 aliphatic carbocycles. The van der Waals surface area contributed by atoms with Crippen LogP contribution in [0.4, 0.5) is 5.69 Å². The molecule has 2 aliphatic rings. The van der Waals surface area contributed by atoms with Crippen molar-refractivity contribution in [2.45, 2.75) is 37.8 Å². The molecule has 2 heterocycles. The van der Waals surface area contributed by atoms with Gasteiger partial charge in [-0.15, -0.1) is 0 Å². The largest absolute Gasteiger partial charge is 0.481 e. The lowest BCUT2D eigenvalue weighted by Crippen LogP contribution is -2.44. The summed E-state index contributed by atoms with van der Waals surface area (Å²) in [7, 11) is 0. The SMILES string of the molecule is NC(=O)[C@@H]1CCCN1[C@@H](C(=O)O)c1c[nH]c2cc(NC(=O)[C@@H]3CC=CC[C@H]3C(=O)O)ccc12. The van der Waals surface area contributed by atoms with Crippen molar-refractivity contribution in [1.29, 1.82) is 0 Å². The van der Waals surface area contributed by atoms with Gasteiger partial charge >= 0.3 is 11.9 Å². The number of hydrogen-bond donors (Lipinski definition) is 5. The number of likely N-dealkylation sites (tertiary alicyclic amines) is 1. The van der Waals surface area contributed by atoms with Crippen molar-refractivity contribution in [3.05, 3.63) is 42.1 Å². The van der Waals surface area contributed by atoms with Gasteiger partial charge in [0.2, 0.25) is 11.8 Å². The molecule has 1 aromatic heterocycles. The van der Waals surface area contributed by atoms with Crippen LogP contribution in [0.2, 0.25) is 0 Å². The number of benzene rings is 1. The Bertz CT molecular complexity index is 1140. The van der Waals surface area contributed by atoms with Gasteiger partial charge in [-0.2, -0.15) is 0 Å². The van der Waals surface area contributed by atoms with Crippen LogP contribution in [0.3, 0.4) is 0 Å². The zero-order valence-electron chi connectivity index (χ0n) is 17.9. The number of nitrogens with zero attached hydrogens (tertiary/aromatic N) is 1. The van der Waals surface area contributed by atoms with E-state index in [0.29, 0.717) is 54.4 Å². The molecule has 1 fully saturated rings. The average Bonchev–Trinajstić information content (AvgIpc) is 3.41. The Morgan fingerprint density at radius 1 is 1.12 bits per heavy atom. The summed E-state index contributed by atoms with van der Waals surface area (Å²) in [6, 6.07) is 3.36. The van der Waals surface area contributed by atoms with Crippen LogP contribution in [0.25, 0.3) is 10.9 Å². The van der Waals surface area contributed by atoms with Crippen LogP contribution in [0.5, 0.6) is 0 Å². The number of carboxylic acid groups (broad SMARTS) is 2. The number of rotatable bonds is 7. The highest BCUT2D eigenvalue weighted by molar-refractivity contribution is 5.98. The van der Waals surface area contributed by atoms with E-state index in [0.717, 1.165) is 0 Å². The van der Waals surface area contributed by atoms with Crippen LogP contribution in [0.15, 0.2) is 36.5 Å². The van der Waals surface area contributed by atoms with Crippen LogP contribution in [-0.4, -0.2) is 56.4 Å². The number of aliphatic carboxylic acids is 2. The number of aromatic nitrogens is 1. The van der Waals surface area contributed by atoms with Gasteiger partial charge < -0.3 is 26.2 Å². The van der Waals surface area contributed by atoms with Crippen LogP contribution in [0, 0.1) is 11.8 Å². The molecule has 4 atom stereocenters. The first kappa shape index (κ1) is 22.5. The van der Waals surface area contributed by atoms with Crippen molar-refractivity contribution < 1.29 is 29.4 Å². The van der Waals surface area contributed by atoms with Crippen LogP contribution >= 0.6 is 0 Å². The molecule has 6 N–H and O–H groups in total. The molecule has 0 spiro atoms. The third kappa shape index (κ3) is 4.34.